The molecule has 1 aliphatic rings. The number of hydrogen-bond acceptors (Lipinski definition) is 1. The van der Waals surface area contributed by atoms with E-state index in [2.05, 4.69) is 67.6 Å². The third-order valence-corrected chi connectivity index (χ3v) is 7.00. The maximum atomic E-state index is 3.95. The van der Waals surface area contributed by atoms with Crippen LogP contribution in [0.15, 0.2) is 5.57 Å². The van der Waals surface area contributed by atoms with E-state index in [4.69, 9.17) is 0 Å². The van der Waals surface area contributed by atoms with Gasteiger partial charge in [-0.25, -0.2) is 0 Å². The first kappa shape index (κ1) is 26.7. The van der Waals surface area contributed by atoms with E-state index in [1.54, 1.807) is 5.56 Å². The Kier molecular flexibility index (Phi) is 9.35. The molecule has 1 N–H and O–H groups in total. The number of rotatable bonds is 1. The van der Waals surface area contributed by atoms with Crippen LogP contribution in [0, 0.1) is 27.7 Å². The summed E-state index contributed by atoms with van der Waals surface area (Å²) in [5.74, 6) is 0. The van der Waals surface area contributed by atoms with Gasteiger partial charge in [-0.05, 0) is 107 Å². The molecule has 134 valence electrons. The topological polar surface area (TPSA) is 12.0 Å². The molecule has 0 amide bonds. The summed E-state index contributed by atoms with van der Waals surface area (Å²) in [5.41, 5.74) is 12.1. The molecule has 1 aromatic carbocycles. The zero-order chi connectivity index (χ0) is 16.3. The van der Waals surface area contributed by atoms with Gasteiger partial charge in [0.2, 0.25) is 0 Å². The van der Waals surface area contributed by atoms with Crippen LogP contribution in [0.5, 0.6) is 0 Å². The van der Waals surface area contributed by atoms with Crippen LogP contribution in [-0.2, 0) is 26.9 Å². The molecule has 0 saturated heterocycles. The van der Waals surface area contributed by atoms with Crippen LogP contribution in [0.25, 0.3) is 5.57 Å². The van der Waals surface area contributed by atoms with Crippen molar-refractivity contribution in [2.24, 2.45) is 0 Å². The molecule has 0 fully saturated rings. The zero-order valence-electron chi connectivity index (χ0n) is 16.8. The van der Waals surface area contributed by atoms with Gasteiger partial charge in [0.15, 0.2) is 0 Å². The van der Waals surface area contributed by atoms with E-state index in [9.17, 15) is 0 Å². The van der Waals surface area contributed by atoms with E-state index in [0.717, 1.165) is 10.2 Å². The molecule has 0 spiro atoms. The Bertz CT molecular complexity index is 663. The smallest absolute Gasteiger partial charge is 1.00 e. The summed E-state index contributed by atoms with van der Waals surface area (Å²) in [4.78, 5) is 0. The Morgan fingerprint density at radius 2 is 1.21 bits per heavy atom. The van der Waals surface area contributed by atoms with Crippen LogP contribution in [0.2, 0.25) is 0 Å². The minimum Gasteiger partial charge on any atom is -1.00 e. The van der Waals surface area contributed by atoms with E-state index in [1.807, 2.05) is 0 Å². The zero-order valence-corrected chi connectivity index (χ0v) is 21.8. The molecule has 1 aliphatic carbocycles. The van der Waals surface area contributed by atoms with Gasteiger partial charge in [-0.1, -0.05) is 0 Å². The van der Waals surface area contributed by atoms with Gasteiger partial charge in [0.25, 0.3) is 0 Å². The fourth-order valence-electron chi connectivity index (χ4n) is 4.06. The molecule has 0 aromatic heterocycles. The molecule has 5 heteroatoms. The fourth-order valence-corrected chi connectivity index (χ4v) is 5.81. The number of halogens is 2. The molecule has 24 heavy (non-hydrogen) atoms. The summed E-state index contributed by atoms with van der Waals surface area (Å²) in [6, 6.07) is 0. The second-order valence-corrected chi connectivity index (χ2v) is 9.50. The first-order valence-corrected chi connectivity index (χ1v) is 9.00. The summed E-state index contributed by atoms with van der Waals surface area (Å²) in [6.45, 7) is 20.6. The third kappa shape index (κ3) is 4.05. The van der Waals surface area contributed by atoms with E-state index in [0.29, 0.717) is 0 Å². The van der Waals surface area contributed by atoms with Crippen LogP contribution in [0.1, 0.15) is 68.0 Å². The van der Waals surface area contributed by atoms with Gasteiger partial charge in [0, 0.05) is 20.9 Å². The first-order chi connectivity index (χ1) is 9.42. The van der Waals surface area contributed by atoms with Crippen molar-refractivity contribution in [3.05, 3.63) is 39.0 Å². The Morgan fingerprint density at radius 1 is 0.792 bits per heavy atom. The summed E-state index contributed by atoms with van der Waals surface area (Å²) in [5, 5.41) is 4.02. The van der Waals surface area contributed by atoms with Gasteiger partial charge in [0.05, 0.1) is 0 Å². The van der Waals surface area contributed by atoms with Gasteiger partial charge in [-0.15, -0.1) is 0 Å². The Labute approximate surface area is 179 Å². The van der Waals surface area contributed by atoms with Crippen LogP contribution in [0.3, 0.4) is 0 Å². The van der Waals surface area contributed by atoms with Crippen molar-refractivity contribution in [2.45, 2.75) is 73.0 Å². The molecule has 1 aromatic rings. The molecular formula is C19H31Cl2NSiTi. The quantitative estimate of drug-likeness (QED) is 0.502. The third-order valence-electron chi connectivity index (χ3n) is 5.50. The van der Waals surface area contributed by atoms with Crippen molar-refractivity contribution in [1.82, 2.24) is 5.32 Å². The van der Waals surface area contributed by atoms with Crippen molar-refractivity contribution in [2.75, 3.05) is 0 Å². The van der Waals surface area contributed by atoms with Crippen LogP contribution < -0.4 is 30.1 Å². The molecule has 0 aliphatic heterocycles. The summed E-state index contributed by atoms with van der Waals surface area (Å²) in [6.07, 6.45) is 0. The Hall–Kier alpha value is 0.431. The standard InChI is InChI=1S/C19H31NSi.2ClH.Ti/c1-10-11(2)13(4)17-16(12(10)3)14(5)15(6)19(17,21)20-18(7,8)9;;;/h20H,1-9,21H3;2*1H;/q;;;+2/p-2. The molecule has 0 heterocycles. The first-order valence-electron chi connectivity index (χ1n) is 8.00. The van der Waals surface area contributed by atoms with Gasteiger partial charge < -0.3 is 30.1 Å². The molecule has 1 nitrogen and oxygen atoms in total. The van der Waals surface area contributed by atoms with Gasteiger partial charge in [-0.2, -0.15) is 0 Å². The Balaban J connectivity index is 0. The number of fused-ring (bicyclic) bond motifs is 1. The predicted molar refractivity (Wildman–Crippen MR) is 98.2 cm³/mol. The van der Waals surface area contributed by atoms with E-state index in [1.165, 1.54) is 39.0 Å². The molecule has 0 bridgehead atoms. The summed E-state index contributed by atoms with van der Waals surface area (Å²) in [7, 11) is 1.08. The molecule has 0 radical (unpaired) electrons. The summed E-state index contributed by atoms with van der Waals surface area (Å²) < 4.78 is 0. The largest absolute Gasteiger partial charge is 2.00 e. The van der Waals surface area contributed by atoms with Gasteiger partial charge in [0.1, 0.15) is 0 Å². The number of hydrogen-bond donors (Lipinski definition) is 1. The number of allylic oxidation sites excluding steroid dienone is 1. The van der Waals surface area contributed by atoms with Crippen molar-refractivity contribution in [1.29, 1.82) is 0 Å². The minimum atomic E-state index is 0. The molecular weight excluding hydrogens is 389 g/mol. The van der Waals surface area contributed by atoms with Crippen LogP contribution >= 0.6 is 0 Å². The average molecular weight is 420 g/mol. The van der Waals surface area contributed by atoms with Crippen LogP contribution in [-0.4, -0.2) is 15.8 Å². The maximum absolute atomic E-state index is 3.95. The number of nitrogens with one attached hydrogen (secondary N) is 1. The normalized spacial score (nSPS) is 19.4. The van der Waals surface area contributed by atoms with Crippen molar-refractivity contribution in [3.8, 4) is 0 Å². The van der Waals surface area contributed by atoms with Gasteiger partial charge in [-0.3, -0.25) is 0 Å². The number of benzene rings is 1. The second-order valence-electron chi connectivity index (χ2n) is 8.00. The van der Waals surface area contributed by atoms with Gasteiger partial charge >= 0.3 is 21.7 Å². The van der Waals surface area contributed by atoms with Crippen molar-refractivity contribution < 1.29 is 46.5 Å². The monoisotopic (exact) mass is 419 g/mol. The molecule has 1 unspecified atom stereocenters. The van der Waals surface area contributed by atoms with Crippen molar-refractivity contribution in [3.63, 3.8) is 0 Å². The summed E-state index contributed by atoms with van der Waals surface area (Å²) >= 11 is 0. The molecule has 2 rings (SSSR count). The molecule has 1 atom stereocenters. The van der Waals surface area contributed by atoms with E-state index >= 15 is 0 Å². The predicted octanol–water partition coefficient (Wildman–Crippen LogP) is -2.36. The van der Waals surface area contributed by atoms with Crippen molar-refractivity contribution >= 4 is 15.8 Å². The maximum Gasteiger partial charge on any atom is 2.00 e. The van der Waals surface area contributed by atoms with Crippen LogP contribution in [0.4, 0.5) is 0 Å². The molecule has 0 saturated carbocycles. The second kappa shape index (κ2) is 8.41. The SMILES string of the molecule is CC1=C(C)C([SiH3])(NC(C)(C)C)c2c(C)c(C)c(C)c(C)c21.[Cl-].[Cl-].[Ti+2]. The Morgan fingerprint density at radius 3 is 1.62 bits per heavy atom. The van der Waals surface area contributed by atoms with E-state index in [-0.39, 0.29) is 57.2 Å². The fraction of sp³-hybridized carbons (Fsp3) is 0.579. The average Bonchev–Trinajstić information content (AvgIpc) is 2.53. The van der Waals surface area contributed by atoms with E-state index < -0.39 is 0 Å². The minimum absolute atomic E-state index is 0.